The molecule has 5 aromatic rings. The number of fused-ring (bicyclic) bond motifs is 2. The number of thiazole rings is 1. The number of aromatic nitrogens is 6. The Bertz CT molecular complexity index is 1370. The fourth-order valence-corrected chi connectivity index (χ4v) is 3.87. The monoisotopic (exact) mass is 404 g/mol. The molecule has 0 amide bonds. The van der Waals surface area contributed by atoms with Gasteiger partial charge in [-0.05, 0) is 43.3 Å². The molecule has 29 heavy (non-hydrogen) atoms. The number of nitrogens with zero attached hydrogens (tertiary/aromatic N) is 5. The van der Waals surface area contributed by atoms with Gasteiger partial charge < -0.3 is 10.2 Å². The molecule has 3 heterocycles. The van der Waals surface area contributed by atoms with Crippen molar-refractivity contribution in [2.24, 2.45) is 0 Å². The Hall–Kier alpha value is -3.79. The molecule has 0 bridgehead atoms. The normalized spacial score (nSPS) is 11.2. The number of anilines is 4. The van der Waals surface area contributed by atoms with Gasteiger partial charge in [-0.3, -0.25) is 10.1 Å². The zero-order valence-electron chi connectivity index (χ0n) is 15.4. The van der Waals surface area contributed by atoms with Crippen molar-refractivity contribution in [2.75, 3.05) is 16.8 Å². The van der Waals surface area contributed by atoms with Gasteiger partial charge in [-0.1, -0.05) is 0 Å². The first kappa shape index (κ1) is 17.3. The SMILES string of the molecule is CCN(c1ccc2cn[nH]c2c1)c1nc(Nc2ccc3ncsc3c2)[nH]c(=O)n1. The minimum atomic E-state index is -0.475. The smallest absolute Gasteiger partial charge is 0.326 e. The lowest BCUT2D eigenvalue weighted by Gasteiger charge is -2.21. The summed E-state index contributed by atoms with van der Waals surface area (Å²) in [5.74, 6) is 0.640. The highest BCUT2D eigenvalue weighted by atomic mass is 32.1. The third kappa shape index (κ3) is 3.29. The van der Waals surface area contributed by atoms with Crippen LogP contribution in [-0.4, -0.2) is 36.7 Å². The Balaban J connectivity index is 1.50. The number of nitrogens with one attached hydrogen (secondary N) is 3. The van der Waals surface area contributed by atoms with Gasteiger partial charge in [0.1, 0.15) is 0 Å². The van der Waals surface area contributed by atoms with Crippen molar-refractivity contribution in [3.8, 4) is 0 Å². The van der Waals surface area contributed by atoms with E-state index in [1.807, 2.05) is 48.2 Å². The number of hydrogen-bond acceptors (Lipinski definition) is 8. The number of benzene rings is 2. The molecule has 9 nitrogen and oxygen atoms in total. The van der Waals surface area contributed by atoms with Crippen molar-refractivity contribution >= 4 is 55.7 Å². The predicted octanol–water partition coefficient (Wildman–Crippen LogP) is 3.55. The lowest BCUT2D eigenvalue weighted by atomic mass is 10.2. The second-order valence-corrected chi connectivity index (χ2v) is 7.23. The molecule has 144 valence electrons. The first-order valence-corrected chi connectivity index (χ1v) is 9.87. The third-order valence-corrected chi connectivity index (χ3v) is 5.32. The second kappa shape index (κ2) is 6.99. The van der Waals surface area contributed by atoms with E-state index in [-0.39, 0.29) is 0 Å². The standard InChI is InChI=1S/C19H16N8OS/c1-2-27(13-5-3-11-9-21-26-15(11)8-13)18-23-17(24-19(28)25-18)22-12-4-6-14-16(7-12)29-10-20-14/h3-10H,2H2,1H3,(H,21,26)(H2,22,23,24,25,28). The molecular formula is C19H16N8OS. The summed E-state index contributed by atoms with van der Waals surface area (Å²) in [5.41, 5.74) is 4.84. The Morgan fingerprint density at radius 3 is 3.00 bits per heavy atom. The maximum atomic E-state index is 12.2. The number of H-pyrrole nitrogens is 2. The molecule has 0 fully saturated rings. The van der Waals surface area contributed by atoms with E-state index in [2.05, 4.69) is 35.5 Å². The van der Waals surface area contributed by atoms with E-state index in [1.54, 1.807) is 23.0 Å². The van der Waals surface area contributed by atoms with E-state index in [1.165, 1.54) is 0 Å². The van der Waals surface area contributed by atoms with Crippen molar-refractivity contribution < 1.29 is 0 Å². The van der Waals surface area contributed by atoms with Crippen LogP contribution >= 0.6 is 11.3 Å². The Kier molecular flexibility index (Phi) is 4.17. The molecule has 0 aliphatic heterocycles. The average Bonchev–Trinajstić information content (AvgIpc) is 3.36. The van der Waals surface area contributed by atoms with Crippen molar-refractivity contribution in [1.29, 1.82) is 0 Å². The Morgan fingerprint density at radius 1 is 1.17 bits per heavy atom. The van der Waals surface area contributed by atoms with E-state index in [0.717, 1.165) is 32.5 Å². The maximum absolute atomic E-state index is 12.2. The summed E-state index contributed by atoms with van der Waals surface area (Å²) in [6.45, 7) is 2.57. The lowest BCUT2D eigenvalue weighted by Crippen LogP contribution is -2.24. The first-order chi connectivity index (χ1) is 14.2. The summed E-state index contributed by atoms with van der Waals surface area (Å²) >= 11 is 1.55. The average molecular weight is 404 g/mol. The van der Waals surface area contributed by atoms with Gasteiger partial charge in [0.25, 0.3) is 0 Å². The van der Waals surface area contributed by atoms with Crippen LogP contribution in [0.3, 0.4) is 0 Å². The predicted molar refractivity (Wildman–Crippen MR) is 114 cm³/mol. The molecule has 3 aromatic heterocycles. The molecule has 0 saturated carbocycles. The van der Waals surface area contributed by atoms with Gasteiger partial charge in [0.2, 0.25) is 11.9 Å². The van der Waals surface area contributed by atoms with Crippen LogP contribution in [-0.2, 0) is 0 Å². The molecule has 0 atom stereocenters. The van der Waals surface area contributed by atoms with Crippen LogP contribution in [0.5, 0.6) is 0 Å². The maximum Gasteiger partial charge on any atom is 0.351 e. The van der Waals surface area contributed by atoms with E-state index in [4.69, 9.17) is 0 Å². The summed E-state index contributed by atoms with van der Waals surface area (Å²) in [6.07, 6.45) is 1.76. The third-order valence-electron chi connectivity index (χ3n) is 4.53. The zero-order chi connectivity index (χ0) is 19.8. The van der Waals surface area contributed by atoms with Crippen LogP contribution < -0.4 is 15.9 Å². The minimum absolute atomic E-state index is 0.316. The summed E-state index contributed by atoms with van der Waals surface area (Å²) < 4.78 is 1.05. The van der Waals surface area contributed by atoms with Crippen LogP contribution in [0.15, 0.2) is 52.9 Å². The minimum Gasteiger partial charge on any atom is -0.326 e. The van der Waals surface area contributed by atoms with Gasteiger partial charge in [-0.2, -0.15) is 15.1 Å². The lowest BCUT2D eigenvalue weighted by molar-refractivity contribution is 0.902. The molecule has 0 unspecified atom stereocenters. The molecule has 0 saturated heterocycles. The van der Waals surface area contributed by atoms with Crippen molar-refractivity contribution in [3.63, 3.8) is 0 Å². The van der Waals surface area contributed by atoms with E-state index in [0.29, 0.717) is 18.4 Å². The summed E-state index contributed by atoms with van der Waals surface area (Å²) in [6, 6.07) is 11.7. The van der Waals surface area contributed by atoms with Gasteiger partial charge >= 0.3 is 5.69 Å². The number of aromatic amines is 2. The van der Waals surface area contributed by atoms with Crippen LogP contribution in [0, 0.1) is 0 Å². The quantitative estimate of drug-likeness (QED) is 0.410. The highest BCUT2D eigenvalue weighted by Gasteiger charge is 2.14. The fourth-order valence-electron chi connectivity index (χ4n) is 3.15. The van der Waals surface area contributed by atoms with Crippen LogP contribution in [0.2, 0.25) is 0 Å². The molecule has 5 rings (SSSR count). The van der Waals surface area contributed by atoms with Crippen molar-refractivity contribution in [3.05, 3.63) is 58.6 Å². The summed E-state index contributed by atoms with van der Waals surface area (Å²) in [7, 11) is 0. The molecule has 0 radical (unpaired) electrons. The first-order valence-electron chi connectivity index (χ1n) is 8.99. The van der Waals surface area contributed by atoms with Crippen LogP contribution in [0.1, 0.15) is 6.92 Å². The van der Waals surface area contributed by atoms with Gasteiger partial charge in [0.05, 0.1) is 27.4 Å². The molecule has 0 aliphatic rings. The highest BCUT2D eigenvalue weighted by molar-refractivity contribution is 7.16. The van der Waals surface area contributed by atoms with E-state index in [9.17, 15) is 4.79 Å². The zero-order valence-corrected chi connectivity index (χ0v) is 16.2. The van der Waals surface area contributed by atoms with Gasteiger partial charge in [0.15, 0.2) is 0 Å². The second-order valence-electron chi connectivity index (χ2n) is 6.35. The van der Waals surface area contributed by atoms with E-state index >= 15 is 0 Å². The molecule has 10 heteroatoms. The largest absolute Gasteiger partial charge is 0.351 e. The van der Waals surface area contributed by atoms with Crippen LogP contribution in [0.25, 0.3) is 21.1 Å². The topological polar surface area (TPSA) is 115 Å². The fraction of sp³-hybridized carbons (Fsp3) is 0.105. The van der Waals surface area contributed by atoms with Crippen LogP contribution in [0.4, 0.5) is 23.3 Å². The summed E-state index contributed by atoms with van der Waals surface area (Å²) in [5, 5.41) is 11.2. The van der Waals surface area contributed by atoms with Crippen molar-refractivity contribution in [1.82, 2.24) is 30.1 Å². The number of hydrogen-bond donors (Lipinski definition) is 3. The Labute approximate surface area is 168 Å². The molecule has 0 aliphatic carbocycles. The molecular weight excluding hydrogens is 388 g/mol. The van der Waals surface area contributed by atoms with Gasteiger partial charge in [-0.15, -0.1) is 11.3 Å². The highest BCUT2D eigenvalue weighted by Crippen LogP contribution is 2.26. The van der Waals surface area contributed by atoms with Gasteiger partial charge in [0, 0.05) is 23.3 Å². The van der Waals surface area contributed by atoms with E-state index < -0.39 is 5.69 Å². The number of rotatable bonds is 5. The van der Waals surface area contributed by atoms with Gasteiger partial charge in [-0.25, -0.2) is 9.78 Å². The Morgan fingerprint density at radius 2 is 2.10 bits per heavy atom. The molecule has 2 aromatic carbocycles. The molecule has 0 spiro atoms. The summed E-state index contributed by atoms with van der Waals surface area (Å²) in [4.78, 5) is 29.6. The van der Waals surface area contributed by atoms with Crippen molar-refractivity contribution in [2.45, 2.75) is 6.92 Å². The molecule has 3 N–H and O–H groups in total.